The number of unbranched alkanes of at least 4 members (excludes halogenated alkanes) is 1. The average Bonchev–Trinajstić information content (AvgIpc) is 2.75. The molecule has 0 aliphatic rings. The number of carbonyl (C=O) groups is 2. The van der Waals surface area contributed by atoms with Crippen molar-refractivity contribution in [2.45, 2.75) is 45.1 Å². The van der Waals surface area contributed by atoms with Gasteiger partial charge in [0.05, 0.1) is 10.5 Å². The molecule has 1 aromatic heterocycles. The highest BCUT2D eigenvalue weighted by molar-refractivity contribution is 7.90. The fraction of sp³-hybridized carbons (Fsp3) is 0.455. The van der Waals surface area contributed by atoms with Gasteiger partial charge >= 0.3 is 11.7 Å². The molecule has 0 aliphatic carbocycles. The zero-order valence-corrected chi connectivity index (χ0v) is 20.5. The normalized spacial score (nSPS) is 11.4. The molecule has 2 rings (SSSR count). The van der Waals surface area contributed by atoms with E-state index in [-0.39, 0.29) is 41.0 Å². The summed E-state index contributed by atoms with van der Waals surface area (Å²) in [6, 6.07) is 5.08. The third-order valence-corrected chi connectivity index (χ3v) is 6.04. The van der Waals surface area contributed by atoms with Crippen molar-refractivity contribution in [3.05, 3.63) is 50.7 Å². The second-order valence-corrected chi connectivity index (χ2v) is 10.3. The third kappa shape index (κ3) is 6.56. The van der Waals surface area contributed by atoms with Crippen LogP contribution < -0.4 is 21.9 Å². The van der Waals surface area contributed by atoms with E-state index in [0.29, 0.717) is 6.42 Å². The van der Waals surface area contributed by atoms with E-state index in [1.54, 1.807) is 0 Å². The Labute approximate surface area is 197 Å². The van der Waals surface area contributed by atoms with Crippen LogP contribution in [-0.4, -0.2) is 49.3 Å². The number of rotatable bonds is 10. The second-order valence-electron chi connectivity index (χ2n) is 8.27. The van der Waals surface area contributed by atoms with E-state index in [9.17, 15) is 27.6 Å². The van der Waals surface area contributed by atoms with Crippen molar-refractivity contribution in [2.24, 2.45) is 5.92 Å². The van der Waals surface area contributed by atoms with Crippen molar-refractivity contribution in [3.8, 4) is 0 Å². The number of carbonyl (C=O) groups excluding carboxylic acids is 2. The van der Waals surface area contributed by atoms with Crippen LogP contribution in [0.5, 0.6) is 0 Å². The zero-order chi connectivity index (χ0) is 25.6. The van der Waals surface area contributed by atoms with E-state index in [2.05, 4.69) is 4.98 Å². The van der Waals surface area contributed by atoms with Gasteiger partial charge in [-0.3, -0.25) is 19.1 Å². The number of nitrogens with zero attached hydrogens (tertiary/aromatic N) is 2. The minimum atomic E-state index is -3.43. The fourth-order valence-electron chi connectivity index (χ4n) is 3.19. The van der Waals surface area contributed by atoms with Gasteiger partial charge in [-0.05, 0) is 36.6 Å². The van der Waals surface area contributed by atoms with Crippen LogP contribution in [0.4, 0.5) is 11.5 Å². The quantitative estimate of drug-likeness (QED) is 0.465. The summed E-state index contributed by atoms with van der Waals surface area (Å²) in [7, 11) is -3.43. The molecule has 1 amide bonds. The summed E-state index contributed by atoms with van der Waals surface area (Å²) in [6.45, 7) is 5.27. The van der Waals surface area contributed by atoms with Crippen molar-refractivity contribution in [1.82, 2.24) is 9.55 Å². The van der Waals surface area contributed by atoms with Crippen LogP contribution in [0.2, 0.25) is 0 Å². The summed E-state index contributed by atoms with van der Waals surface area (Å²) < 4.78 is 29.4. The van der Waals surface area contributed by atoms with Gasteiger partial charge in [-0.1, -0.05) is 27.2 Å². The summed E-state index contributed by atoms with van der Waals surface area (Å²) in [4.78, 5) is 53.5. The molecule has 0 aliphatic heterocycles. The van der Waals surface area contributed by atoms with Crippen molar-refractivity contribution in [2.75, 3.05) is 30.0 Å². The summed E-state index contributed by atoms with van der Waals surface area (Å²) >= 11 is 0. The van der Waals surface area contributed by atoms with Gasteiger partial charge in [0.15, 0.2) is 22.1 Å². The first-order chi connectivity index (χ1) is 15.9. The van der Waals surface area contributed by atoms with E-state index < -0.39 is 39.6 Å². The predicted molar refractivity (Wildman–Crippen MR) is 128 cm³/mol. The van der Waals surface area contributed by atoms with Crippen LogP contribution >= 0.6 is 0 Å². The maximum atomic E-state index is 13.0. The highest BCUT2D eigenvalue weighted by atomic mass is 32.2. The summed E-state index contributed by atoms with van der Waals surface area (Å²) in [5.74, 6) is -1.75. The summed E-state index contributed by atoms with van der Waals surface area (Å²) in [5.41, 5.74) is 4.53. The Morgan fingerprint density at radius 3 is 2.32 bits per heavy atom. The molecule has 2 aromatic rings. The van der Waals surface area contributed by atoms with Crippen LogP contribution in [0, 0.1) is 5.92 Å². The maximum absolute atomic E-state index is 13.0. The zero-order valence-electron chi connectivity index (χ0n) is 19.7. The molecule has 0 atom stereocenters. The number of H-pyrrole nitrogens is 1. The van der Waals surface area contributed by atoms with Crippen LogP contribution in [0.3, 0.4) is 0 Å². The number of hydrogen-bond donors (Lipinski definition) is 2. The number of esters is 1. The number of amides is 1. The van der Waals surface area contributed by atoms with E-state index >= 15 is 0 Å². The van der Waals surface area contributed by atoms with Gasteiger partial charge in [0.25, 0.3) is 11.5 Å². The Morgan fingerprint density at radius 1 is 1.18 bits per heavy atom. The number of ether oxygens (including phenoxy) is 1. The number of hydrogen-bond acceptors (Lipinski definition) is 8. The summed E-state index contributed by atoms with van der Waals surface area (Å²) in [5, 5.41) is 0. The minimum absolute atomic E-state index is 0.0381. The minimum Gasteiger partial charge on any atom is -0.452 e. The number of sulfone groups is 1. The standard InChI is InChI=1S/C22H30N4O7S/c1-5-6-11-25-19(23)18(20(28)24-22(25)30)26(12-14(2)3)17(27)13-33-21(29)15-7-9-16(10-8-15)34(4,31)32/h7-10,14H,5-6,11-13,23H2,1-4H3,(H,24,28,30). The van der Waals surface area contributed by atoms with Gasteiger partial charge in [0.1, 0.15) is 5.82 Å². The van der Waals surface area contributed by atoms with Gasteiger partial charge < -0.3 is 15.4 Å². The summed E-state index contributed by atoms with van der Waals surface area (Å²) in [6.07, 6.45) is 2.47. The van der Waals surface area contributed by atoms with Crippen molar-refractivity contribution in [3.63, 3.8) is 0 Å². The van der Waals surface area contributed by atoms with Crippen LogP contribution in [0.1, 0.15) is 44.0 Å². The van der Waals surface area contributed by atoms with Gasteiger partial charge in [-0.25, -0.2) is 18.0 Å². The molecule has 1 heterocycles. The molecule has 0 bridgehead atoms. The number of nitrogen functional groups attached to an aromatic ring is 1. The lowest BCUT2D eigenvalue weighted by Gasteiger charge is -2.26. The molecule has 0 spiro atoms. The maximum Gasteiger partial charge on any atom is 0.338 e. The predicted octanol–water partition coefficient (Wildman–Crippen LogP) is 1.17. The first kappa shape index (κ1) is 26.8. The molecule has 0 saturated carbocycles. The van der Waals surface area contributed by atoms with Crippen LogP contribution in [0.15, 0.2) is 38.8 Å². The molecule has 1 aromatic carbocycles. The lowest BCUT2D eigenvalue weighted by Crippen LogP contribution is -2.44. The first-order valence-electron chi connectivity index (χ1n) is 10.8. The molecular weight excluding hydrogens is 464 g/mol. The Hall–Kier alpha value is -3.41. The number of aromatic nitrogens is 2. The Balaban J connectivity index is 2.29. The molecule has 0 saturated heterocycles. The molecule has 0 unspecified atom stereocenters. The number of nitrogens with two attached hydrogens (primary N) is 1. The Kier molecular flexibility index (Phi) is 8.80. The third-order valence-electron chi connectivity index (χ3n) is 4.91. The van der Waals surface area contributed by atoms with Gasteiger partial charge in [-0.15, -0.1) is 0 Å². The van der Waals surface area contributed by atoms with E-state index in [4.69, 9.17) is 10.5 Å². The fourth-order valence-corrected chi connectivity index (χ4v) is 3.82. The largest absolute Gasteiger partial charge is 0.452 e. The van der Waals surface area contributed by atoms with E-state index in [1.165, 1.54) is 28.8 Å². The van der Waals surface area contributed by atoms with Crippen LogP contribution in [0.25, 0.3) is 0 Å². The van der Waals surface area contributed by atoms with Crippen LogP contribution in [-0.2, 0) is 25.9 Å². The molecule has 0 radical (unpaired) electrons. The SMILES string of the molecule is CCCCn1c(N)c(N(CC(C)C)C(=O)COC(=O)c2ccc(S(C)(=O)=O)cc2)c(=O)[nH]c1=O. The molecule has 3 N–H and O–H groups in total. The molecular formula is C22H30N4O7S. The van der Waals surface area contributed by atoms with Crippen molar-refractivity contribution < 1.29 is 22.7 Å². The second kappa shape index (κ2) is 11.1. The lowest BCUT2D eigenvalue weighted by atomic mass is 10.2. The molecule has 11 nitrogen and oxygen atoms in total. The lowest BCUT2D eigenvalue weighted by molar-refractivity contribution is -0.121. The monoisotopic (exact) mass is 494 g/mol. The van der Waals surface area contributed by atoms with Gasteiger partial charge in [0, 0.05) is 19.3 Å². The topological polar surface area (TPSA) is 162 Å². The highest BCUT2D eigenvalue weighted by Gasteiger charge is 2.26. The van der Waals surface area contributed by atoms with Gasteiger partial charge in [-0.2, -0.15) is 0 Å². The van der Waals surface area contributed by atoms with Gasteiger partial charge in [0.2, 0.25) is 0 Å². The van der Waals surface area contributed by atoms with Crippen molar-refractivity contribution >= 4 is 33.2 Å². The smallest absolute Gasteiger partial charge is 0.338 e. The number of nitrogens with one attached hydrogen (secondary N) is 1. The van der Waals surface area contributed by atoms with E-state index in [0.717, 1.165) is 17.6 Å². The number of aromatic amines is 1. The van der Waals surface area contributed by atoms with Crippen molar-refractivity contribution in [1.29, 1.82) is 0 Å². The first-order valence-corrected chi connectivity index (χ1v) is 12.7. The highest BCUT2D eigenvalue weighted by Crippen LogP contribution is 2.19. The average molecular weight is 495 g/mol. The molecule has 12 heteroatoms. The van der Waals surface area contributed by atoms with E-state index in [1.807, 2.05) is 20.8 Å². The number of anilines is 2. The molecule has 34 heavy (non-hydrogen) atoms. The Morgan fingerprint density at radius 2 is 1.79 bits per heavy atom. The molecule has 186 valence electrons. The molecule has 0 fully saturated rings. The Bertz CT molecular complexity index is 1260. The number of benzene rings is 1.